The van der Waals surface area contributed by atoms with Crippen molar-refractivity contribution >= 4 is 17.5 Å². The smallest absolute Gasteiger partial charge is 0.243 e. The molecule has 1 aliphatic heterocycles. The summed E-state index contributed by atoms with van der Waals surface area (Å²) in [6.07, 6.45) is -0.831. The minimum atomic E-state index is -1.29. The van der Waals surface area contributed by atoms with Gasteiger partial charge in [0.05, 0.1) is 19.6 Å². The monoisotopic (exact) mass is 559 g/mol. The fourth-order valence-corrected chi connectivity index (χ4v) is 5.27. The second-order valence-corrected chi connectivity index (χ2v) is 10.6. The number of rotatable bonds is 11. The summed E-state index contributed by atoms with van der Waals surface area (Å²) < 4.78 is 19.9. The molecule has 3 N–H and O–H groups in total. The highest BCUT2D eigenvalue weighted by Crippen LogP contribution is 2.28. The lowest BCUT2D eigenvalue weighted by molar-refractivity contribution is -0.142. The number of alkyl halides is 1. The summed E-state index contributed by atoms with van der Waals surface area (Å²) in [5.41, 5.74) is 3.84. The minimum absolute atomic E-state index is 0.0472. The Labute approximate surface area is 241 Å². The van der Waals surface area contributed by atoms with Crippen molar-refractivity contribution in [2.45, 2.75) is 51.5 Å². The second kappa shape index (κ2) is 13.4. The van der Waals surface area contributed by atoms with Gasteiger partial charge in [0.1, 0.15) is 23.7 Å². The molecule has 7 nitrogen and oxygen atoms in total. The normalized spacial score (nSPS) is 17.9. The van der Waals surface area contributed by atoms with Gasteiger partial charge in [-0.05, 0) is 42.7 Å². The van der Waals surface area contributed by atoms with Crippen molar-refractivity contribution in [3.05, 3.63) is 102 Å². The maximum absolute atomic E-state index is 14.7. The summed E-state index contributed by atoms with van der Waals surface area (Å²) in [7, 11) is 1.57. The first-order chi connectivity index (χ1) is 19.7. The van der Waals surface area contributed by atoms with Crippen LogP contribution in [0.4, 0.5) is 4.39 Å². The van der Waals surface area contributed by atoms with E-state index < -0.39 is 24.2 Å². The first kappa shape index (κ1) is 29.6. The number of benzene rings is 3. The molecule has 0 radical (unpaired) electrons. The predicted octanol–water partition coefficient (Wildman–Crippen LogP) is 4.77. The third-order valence-corrected chi connectivity index (χ3v) is 7.72. The molecule has 1 fully saturated rings. The van der Waals surface area contributed by atoms with Gasteiger partial charge in [-0.15, -0.1) is 0 Å². The van der Waals surface area contributed by atoms with Crippen LogP contribution in [0.3, 0.4) is 0 Å². The first-order valence-electron chi connectivity index (χ1n) is 13.8. The number of amides is 2. The number of methoxy groups -OCH3 is 1. The van der Waals surface area contributed by atoms with Crippen molar-refractivity contribution in [1.82, 2.24) is 15.5 Å². The molecule has 41 heavy (non-hydrogen) atoms. The molecule has 0 spiro atoms. The topological polar surface area (TPSA) is 90.9 Å². The van der Waals surface area contributed by atoms with E-state index in [9.17, 15) is 19.1 Å². The number of aromatic hydroxyl groups is 1. The SMILES string of the molecule is C=C(N[C@@H](Cc1ccccc1)[C@H](C)C(=O)N1C[C@@H](F)C[C@H]1C(=O)NCc1cccc(OC)c1)c1cccc(O)c1C. The zero-order valence-corrected chi connectivity index (χ0v) is 23.8. The van der Waals surface area contributed by atoms with Crippen LogP contribution in [0, 0.1) is 12.8 Å². The molecular weight excluding hydrogens is 521 g/mol. The van der Waals surface area contributed by atoms with E-state index >= 15 is 0 Å². The second-order valence-electron chi connectivity index (χ2n) is 10.6. The van der Waals surface area contributed by atoms with Crippen LogP contribution < -0.4 is 15.4 Å². The molecule has 0 aliphatic carbocycles. The lowest BCUT2D eigenvalue weighted by atomic mass is 9.92. The Hall–Kier alpha value is -4.33. The summed E-state index contributed by atoms with van der Waals surface area (Å²) in [4.78, 5) is 28.5. The maximum atomic E-state index is 14.7. The van der Waals surface area contributed by atoms with Crippen LogP contribution in [0.15, 0.2) is 79.4 Å². The fraction of sp³-hybridized carbons (Fsp3) is 0.333. The number of nitrogens with zero attached hydrogens (tertiary/aromatic N) is 1. The van der Waals surface area contributed by atoms with Gasteiger partial charge in [0.2, 0.25) is 11.8 Å². The lowest BCUT2D eigenvalue weighted by Gasteiger charge is -2.32. The van der Waals surface area contributed by atoms with Gasteiger partial charge < -0.3 is 25.4 Å². The highest BCUT2D eigenvalue weighted by atomic mass is 19.1. The van der Waals surface area contributed by atoms with Crippen molar-refractivity contribution in [2.24, 2.45) is 5.92 Å². The molecule has 3 aromatic carbocycles. The largest absolute Gasteiger partial charge is 0.508 e. The van der Waals surface area contributed by atoms with E-state index in [1.165, 1.54) is 4.90 Å². The van der Waals surface area contributed by atoms with E-state index in [0.717, 1.165) is 16.7 Å². The third kappa shape index (κ3) is 7.25. The number of phenols is 1. The summed E-state index contributed by atoms with van der Waals surface area (Å²) in [6, 6.07) is 21.0. The molecule has 0 unspecified atom stereocenters. The molecule has 216 valence electrons. The number of nitrogens with one attached hydrogen (secondary N) is 2. The molecule has 0 saturated carbocycles. The molecule has 1 aliphatic rings. The fourth-order valence-electron chi connectivity index (χ4n) is 5.27. The predicted molar refractivity (Wildman–Crippen MR) is 158 cm³/mol. The van der Waals surface area contributed by atoms with Gasteiger partial charge in [0.25, 0.3) is 0 Å². The van der Waals surface area contributed by atoms with E-state index in [1.807, 2.05) is 60.7 Å². The average Bonchev–Trinajstić information content (AvgIpc) is 3.38. The molecule has 4 rings (SSSR count). The number of ether oxygens (including phenoxy) is 1. The van der Waals surface area contributed by atoms with E-state index in [1.54, 1.807) is 33.1 Å². The molecule has 4 atom stereocenters. The van der Waals surface area contributed by atoms with Crippen molar-refractivity contribution in [1.29, 1.82) is 0 Å². The Kier molecular flexibility index (Phi) is 9.65. The molecular formula is C33H38FN3O4. The van der Waals surface area contributed by atoms with Gasteiger partial charge in [-0.3, -0.25) is 9.59 Å². The number of carbonyl (C=O) groups excluding carboxylic acids is 2. The number of phenolic OH excluding ortho intramolecular Hbond substituents is 1. The summed E-state index contributed by atoms with van der Waals surface area (Å²) in [5, 5.41) is 16.5. The van der Waals surface area contributed by atoms with Gasteiger partial charge in [-0.1, -0.05) is 68.1 Å². The van der Waals surface area contributed by atoms with Crippen LogP contribution in [0.1, 0.15) is 35.6 Å². The van der Waals surface area contributed by atoms with Crippen LogP contribution in [0.25, 0.3) is 5.70 Å². The van der Waals surface area contributed by atoms with E-state index in [2.05, 4.69) is 17.2 Å². The van der Waals surface area contributed by atoms with Crippen LogP contribution in [-0.4, -0.2) is 53.7 Å². The average molecular weight is 560 g/mol. The van der Waals surface area contributed by atoms with E-state index in [-0.39, 0.29) is 37.1 Å². The Bertz CT molecular complexity index is 1380. The lowest BCUT2D eigenvalue weighted by Crippen LogP contribution is -2.51. The Morgan fingerprint density at radius 2 is 1.80 bits per heavy atom. The number of hydrogen-bond donors (Lipinski definition) is 3. The number of carbonyl (C=O) groups is 2. The van der Waals surface area contributed by atoms with Gasteiger partial charge in [0.15, 0.2) is 0 Å². The van der Waals surface area contributed by atoms with Crippen molar-refractivity contribution in [3.8, 4) is 11.5 Å². The van der Waals surface area contributed by atoms with E-state index in [0.29, 0.717) is 23.4 Å². The Morgan fingerprint density at radius 1 is 1.10 bits per heavy atom. The van der Waals surface area contributed by atoms with Gasteiger partial charge >= 0.3 is 0 Å². The van der Waals surface area contributed by atoms with Gasteiger partial charge in [0, 0.05) is 35.8 Å². The number of halogens is 1. The standard InChI is InChI=1S/C33H38FN3O4/c1-21-28(14-9-15-31(21)38)23(3)36-29(17-24-10-6-5-7-11-24)22(2)33(40)37-20-26(34)18-30(37)32(39)35-19-25-12-8-13-27(16-25)41-4/h5-16,22,26,29-30,36,38H,3,17-20H2,1-2,4H3,(H,35,39)/t22-,26-,29-,30-/m0/s1. The third-order valence-electron chi connectivity index (χ3n) is 7.72. The highest BCUT2D eigenvalue weighted by molar-refractivity contribution is 5.89. The van der Waals surface area contributed by atoms with E-state index in [4.69, 9.17) is 4.74 Å². The molecule has 2 amide bonds. The van der Waals surface area contributed by atoms with Crippen LogP contribution >= 0.6 is 0 Å². The summed E-state index contributed by atoms with van der Waals surface area (Å²) in [5.74, 6) is -0.473. The minimum Gasteiger partial charge on any atom is -0.508 e. The quantitative estimate of drug-likeness (QED) is 0.315. The maximum Gasteiger partial charge on any atom is 0.243 e. The highest BCUT2D eigenvalue weighted by Gasteiger charge is 2.42. The van der Waals surface area contributed by atoms with Crippen LogP contribution in [-0.2, 0) is 22.6 Å². The zero-order valence-electron chi connectivity index (χ0n) is 23.8. The zero-order chi connectivity index (χ0) is 29.5. The van der Waals surface area contributed by atoms with Gasteiger partial charge in [-0.2, -0.15) is 0 Å². The Balaban J connectivity index is 1.51. The molecule has 1 saturated heterocycles. The molecule has 0 aromatic heterocycles. The number of likely N-dealkylation sites (tertiary alicyclic amines) is 1. The molecule has 3 aromatic rings. The molecule has 0 bridgehead atoms. The van der Waals surface area contributed by atoms with Crippen LogP contribution in [0.5, 0.6) is 11.5 Å². The van der Waals surface area contributed by atoms with Crippen molar-refractivity contribution < 1.29 is 23.8 Å². The Morgan fingerprint density at radius 3 is 2.54 bits per heavy atom. The first-order valence-corrected chi connectivity index (χ1v) is 13.8. The molecule has 1 heterocycles. The summed E-state index contributed by atoms with van der Waals surface area (Å²) >= 11 is 0. The molecule has 8 heteroatoms. The van der Waals surface area contributed by atoms with Gasteiger partial charge in [-0.25, -0.2) is 4.39 Å². The van der Waals surface area contributed by atoms with Crippen molar-refractivity contribution in [3.63, 3.8) is 0 Å². The number of hydrogen-bond acceptors (Lipinski definition) is 5. The summed E-state index contributed by atoms with van der Waals surface area (Å²) in [6.45, 7) is 7.89. The van der Waals surface area contributed by atoms with Crippen molar-refractivity contribution in [2.75, 3.05) is 13.7 Å². The van der Waals surface area contributed by atoms with Crippen LogP contribution in [0.2, 0.25) is 0 Å².